The second-order valence-electron chi connectivity index (χ2n) is 3.66. The molecule has 0 bridgehead atoms. The van der Waals surface area contributed by atoms with Crippen molar-refractivity contribution in [2.45, 2.75) is 25.7 Å². The Morgan fingerprint density at radius 3 is 2.56 bits per heavy atom. The van der Waals surface area contributed by atoms with Gasteiger partial charge in [-0.2, -0.15) is 0 Å². The molecule has 1 aromatic rings. The van der Waals surface area contributed by atoms with Crippen LogP contribution in [0.1, 0.15) is 25.7 Å². The van der Waals surface area contributed by atoms with Crippen LogP contribution in [-0.2, 0) is 0 Å². The summed E-state index contributed by atoms with van der Waals surface area (Å²) in [5.41, 5.74) is 5.39. The normalized spacial score (nSPS) is 10.4. The van der Waals surface area contributed by atoms with E-state index in [1.165, 1.54) is 12.1 Å². The Bertz CT molecular complexity index is 300. The van der Waals surface area contributed by atoms with E-state index in [2.05, 4.69) is 15.9 Å². The molecule has 0 atom stereocenters. The first-order valence-electron chi connectivity index (χ1n) is 5.51. The summed E-state index contributed by atoms with van der Waals surface area (Å²) < 4.78 is 19.1. The number of ether oxygens (including phenoxy) is 1. The highest BCUT2D eigenvalue weighted by molar-refractivity contribution is 9.10. The summed E-state index contributed by atoms with van der Waals surface area (Å²) in [7, 11) is 0. The van der Waals surface area contributed by atoms with Gasteiger partial charge < -0.3 is 10.5 Å². The lowest BCUT2D eigenvalue weighted by atomic mass is 10.2. The molecule has 0 heterocycles. The van der Waals surface area contributed by atoms with Gasteiger partial charge in [0.05, 0.1) is 6.61 Å². The van der Waals surface area contributed by atoms with E-state index < -0.39 is 0 Å². The second-order valence-corrected chi connectivity index (χ2v) is 4.57. The Hall–Kier alpha value is -0.610. The van der Waals surface area contributed by atoms with Gasteiger partial charge in [-0.05, 0) is 31.5 Å². The highest BCUT2D eigenvalue weighted by Crippen LogP contribution is 2.20. The minimum Gasteiger partial charge on any atom is -0.493 e. The number of nitrogens with two attached hydrogens (primary N) is 1. The summed E-state index contributed by atoms with van der Waals surface area (Å²) in [4.78, 5) is 0. The van der Waals surface area contributed by atoms with E-state index in [0.717, 1.165) is 32.2 Å². The standard InChI is InChI=1S/C12H17BrFNO/c13-10-7-11(14)9-12(8-10)16-6-4-2-1-3-5-15/h7-9H,1-6,15H2. The fraction of sp³-hybridized carbons (Fsp3) is 0.500. The number of unbranched alkanes of at least 4 members (excludes halogenated alkanes) is 3. The van der Waals surface area contributed by atoms with Gasteiger partial charge in [0.2, 0.25) is 0 Å². The largest absolute Gasteiger partial charge is 0.493 e. The fourth-order valence-electron chi connectivity index (χ4n) is 1.40. The molecule has 0 unspecified atom stereocenters. The van der Waals surface area contributed by atoms with Gasteiger partial charge in [0, 0.05) is 10.5 Å². The number of hydrogen-bond acceptors (Lipinski definition) is 2. The average Bonchev–Trinajstić information content (AvgIpc) is 2.22. The first-order chi connectivity index (χ1) is 7.72. The van der Waals surface area contributed by atoms with Gasteiger partial charge in [-0.15, -0.1) is 0 Å². The number of hydrogen-bond donors (Lipinski definition) is 1. The molecule has 0 amide bonds. The summed E-state index contributed by atoms with van der Waals surface area (Å²) >= 11 is 3.22. The van der Waals surface area contributed by atoms with Crippen molar-refractivity contribution >= 4 is 15.9 Å². The topological polar surface area (TPSA) is 35.2 Å². The highest BCUT2D eigenvalue weighted by Gasteiger charge is 1.99. The lowest BCUT2D eigenvalue weighted by Gasteiger charge is -2.06. The average molecular weight is 290 g/mol. The second kappa shape index (κ2) is 7.63. The zero-order valence-electron chi connectivity index (χ0n) is 9.22. The van der Waals surface area contributed by atoms with E-state index >= 15 is 0 Å². The molecule has 0 aliphatic heterocycles. The first kappa shape index (κ1) is 13.5. The number of benzene rings is 1. The SMILES string of the molecule is NCCCCCCOc1cc(F)cc(Br)c1. The first-order valence-corrected chi connectivity index (χ1v) is 6.30. The lowest BCUT2D eigenvalue weighted by Crippen LogP contribution is -2.00. The molecular weight excluding hydrogens is 273 g/mol. The maximum Gasteiger partial charge on any atom is 0.128 e. The Labute approximate surface area is 104 Å². The van der Waals surface area contributed by atoms with Crippen molar-refractivity contribution in [1.82, 2.24) is 0 Å². The van der Waals surface area contributed by atoms with Crippen LogP contribution in [0.4, 0.5) is 4.39 Å². The van der Waals surface area contributed by atoms with Crippen molar-refractivity contribution in [3.63, 3.8) is 0 Å². The maximum atomic E-state index is 13.0. The number of rotatable bonds is 7. The number of halogens is 2. The van der Waals surface area contributed by atoms with E-state index in [4.69, 9.17) is 10.5 Å². The molecule has 0 aliphatic rings. The molecule has 0 saturated heterocycles. The summed E-state index contributed by atoms with van der Waals surface area (Å²) in [6.07, 6.45) is 4.28. The van der Waals surface area contributed by atoms with Crippen LogP contribution in [0.25, 0.3) is 0 Å². The lowest BCUT2D eigenvalue weighted by molar-refractivity contribution is 0.303. The third kappa shape index (κ3) is 5.47. The molecule has 2 N–H and O–H groups in total. The van der Waals surface area contributed by atoms with Crippen LogP contribution in [-0.4, -0.2) is 13.2 Å². The maximum absolute atomic E-state index is 13.0. The van der Waals surface area contributed by atoms with Crippen molar-refractivity contribution in [3.05, 3.63) is 28.5 Å². The Morgan fingerprint density at radius 1 is 1.12 bits per heavy atom. The van der Waals surface area contributed by atoms with Gasteiger partial charge in [-0.1, -0.05) is 28.8 Å². The summed E-state index contributed by atoms with van der Waals surface area (Å²) in [5, 5.41) is 0. The van der Waals surface area contributed by atoms with Crippen molar-refractivity contribution in [2.24, 2.45) is 5.73 Å². The Kier molecular flexibility index (Phi) is 6.42. The van der Waals surface area contributed by atoms with Crippen molar-refractivity contribution in [1.29, 1.82) is 0 Å². The molecule has 0 aliphatic carbocycles. The molecule has 16 heavy (non-hydrogen) atoms. The smallest absolute Gasteiger partial charge is 0.128 e. The zero-order valence-corrected chi connectivity index (χ0v) is 10.8. The van der Waals surface area contributed by atoms with E-state index in [1.54, 1.807) is 6.07 Å². The quantitative estimate of drug-likeness (QED) is 0.780. The van der Waals surface area contributed by atoms with Crippen LogP contribution in [0.2, 0.25) is 0 Å². The van der Waals surface area contributed by atoms with Gasteiger partial charge in [0.15, 0.2) is 0 Å². The monoisotopic (exact) mass is 289 g/mol. The Morgan fingerprint density at radius 2 is 1.88 bits per heavy atom. The van der Waals surface area contributed by atoms with Crippen LogP contribution >= 0.6 is 15.9 Å². The minimum atomic E-state index is -0.285. The van der Waals surface area contributed by atoms with Crippen molar-refractivity contribution in [3.8, 4) is 5.75 Å². The molecule has 0 radical (unpaired) electrons. The van der Waals surface area contributed by atoms with Crippen molar-refractivity contribution in [2.75, 3.05) is 13.2 Å². The highest BCUT2D eigenvalue weighted by atomic mass is 79.9. The molecular formula is C12H17BrFNO. The van der Waals surface area contributed by atoms with Gasteiger partial charge in [-0.3, -0.25) is 0 Å². The van der Waals surface area contributed by atoms with E-state index in [0.29, 0.717) is 16.8 Å². The molecule has 0 fully saturated rings. The van der Waals surface area contributed by atoms with E-state index in [-0.39, 0.29) is 5.82 Å². The van der Waals surface area contributed by atoms with Gasteiger partial charge >= 0.3 is 0 Å². The summed E-state index contributed by atoms with van der Waals surface area (Å²) in [6, 6.07) is 4.57. The predicted molar refractivity (Wildman–Crippen MR) is 67.1 cm³/mol. The zero-order chi connectivity index (χ0) is 11.8. The van der Waals surface area contributed by atoms with Gasteiger partial charge in [0.25, 0.3) is 0 Å². The third-order valence-electron chi connectivity index (χ3n) is 2.20. The molecule has 1 aromatic carbocycles. The minimum absolute atomic E-state index is 0.285. The van der Waals surface area contributed by atoms with Crippen LogP contribution in [0.5, 0.6) is 5.75 Å². The van der Waals surface area contributed by atoms with E-state index in [9.17, 15) is 4.39 Å². The molecule has 1 rings (SSSR count). The molecule has 0 saturated carbocycles. The molecule has 0 spiro atoms. The Balaban J connectivity index is 2.21. The van der Waals surface area contributed by atoms with Crippen LogP contribution in [0.3, 0.4) is 0 Å². The fourth-order valence-corrected chi connectivity index (χ4v) is 1.85. The summed E-state index contributed by atoms with van der Waals surface area (Å²) in [5.74, 6) is 0.290. The van der Waals surface area contributed by atoms with Gasteiger partial charge in [0.1, 0.15) is 11.6 Å². The molecule has 0 aromatic heterocycles. The summed E-state index contributed by atoms with van der Waals surface area (Å²) in [6.45, 7) is 1.37. The van der Waals surface area contributed by atoms with Gasteiger partial charge in [-0.25, -0.2) is 4.39 Å². The van der Waals surface area contributed by atoms with Crippen LogP contribution < -0.4 is 10.5 Å². The predicted octanol–water partition coefficient (Wildman–Crippen LogP) is 3.49. The molecule has 4 heteroatoms. The van der Waals surface area contributed by atoms with Crippen molar-refractivity contribution < 1.29 is 9.13 Å². The molecule has 90 valence electrons. The van der Waals surface area contributed by atoms with Crippen LogP contribution in [0, 0.1) is 5.82 Å². The molecule has 2 nitrogen and oxygen atoms in total. The third-order valence-corrected chi connectivity index (χ3v) is 2.66. The van der Waals surface area contributed by atoms with Crippen LogP contribution in [0.15, 0.2) is 22.7 Å². The van der Waals surface area contributed by atoms with E-state index in [1.807, 2.05) is 0 Å².